The van der Waals surface area contributed by atoms with Crippen LogP contribution < -0.4 is 0 Å². The van der Waals surface area contributed by atoms with Crippen molar-refractivity contribution in [2.75, 3.05) is 6.61 Å². The Hall–Kier alpha value is -1.32. The Kier molecular flexibility index (Phi) is 5.67. The van der Waals surface area contributed by atoms with Gasteiger partial charge in [-0.25, -0.2) is 4.79 Å². The molecule has 0 aliphatic carbocycles. The molecule has 0 atom stereocenters. The highest BCUT2D eigenvalue weighted by molar-refractivity contribution is 5.83. The summed E-state index contributed by atoms with van der Waals surface area (Å²) in [7, 11) is 0. The molecule has 0 fully saturated rings. The number of carbonyl (C=O) groups excluding carboxylic acids is 2. The Bertz CT molecular complexity index is 248. The normalized spacial score (nSPS) is 11.5. The van der Waals surface area contributed by atoms with Crippen LogP contribution in [0, 0.1) is 0 Å². The second-order valence-corrected chi connectivity index (χ2v) is 3.94. The third kappa shape index (κ3) is 9.00. The van der Waals surface area contributed by atoms with Crippen molar-refractivity contribution in [3.8, 4) is 0 Å². The van der Waals surface area contributed by atoms with Gasteiger partial charge in [0.05, 0.1) is 13.0 Å². The van der Waals surface area contributed by atoms with Gasteiger partial charge in [0, 0.05) is 6.08 Å². The summed E-state index contributed by atoms with van der Waals surface area (Å²) in [4.78, 5) is 22.0. The lowest BCUT2D eigenvalue weighted by Crippen LogP contribution is -2.23. The van der Waals surface area contributed by atoms with E-state index >= 15 is 0 Å². The summed E-state index contributed by atoms with van der Waals surface area (Å²) in [6.45, 7) is 7.43. The number of hydrogen-bond donors (Lipinski definition) is 0. The predicted octanol–water partition coefficient (Wildman–Crippen LogP) is 1.84. The van der Waals surface area contributed by atoms with Crippen LogP contribution in [0.3, 0.4) is 0 Å². The van der Waals surface area contributed by atoms with Gasteiger partial charge in [-0.05, 0) is 27.7 Å². The highest BCUT2D eigenvalue weighted by Crippen LogP contribution is 2.08. The number of hydrogen-bond acceptors (Lipinski definition) is 4. The van der Waals surface area contributed by atoms with Gasteiger partial charge in [-0.1, -0.05) is 6.08 Å². The van der Waals surface area contributed by atoms with Crippen LogP contribution in [0.15, 0.2) is 12.2 Å². The van der Waals surface area contributed by atoms with Gasteiger partial charge < -0.3 is 9.47 Å². The van der Waals surface area contributed by atoms with Crippen molar-refractivity contribution < 1.29 is 19.1 Å². The van der Waals surface area contributed by atoms with E-state index in [1.165, 1.54) is 12.2 Å². The minimum Gasteiger partial charge on any atom is -0.463 e. The van der Waals surface area contributed by atoms with E-state index in [4.69, 9.17) is 4.74 Å². The van der Waals surface area contributed by atoms with Gasteiger partial charge >= 0.3 is 11.9 Å². The second kappa shape index (κ2) is 6.22. The fraction of sp³-hybridized carbons (Fsp3) is 0.636. The summed E-state index contributed by atoms with van der Waals surface area (Å²) >= 11 is 0. The Morgan fingerprint density at radius 3 is 2.33 bits per heavy atom. The molecule has 0 rings (SSSR count). The fourth-order valence-electron chi connectivity index (χ4n) is 0.825. The summed E-state index contributed by atoms with van der Waals surface area (Å²) in [6.07, 6.45) is 2.75. The minimum absolute atomic E-state index is 0.0794. The predicted molar refractivity (Wildman–Crippen MR) is 56.2 cm³/mol. The largest absolute Gasteiger partial charge is 0.463 e. The maximum absolute atomic E-state index is 11.2. The van der Waals surface area contributed by atoms with Gasteiger partial charge in [0.2, 0.25) is 0 Å². The topological polar surface area (TPSA) is 52.6 Å². The Labute approximate surface area is 90.2 Å². The molecule has 0 unspecified atom stereocenters. The SMILES string of the molecule is CCOC(=O)C=CCC(=O)OC(C)(C)C. The van der Waals surface area contributed by atoms with Gasteiger partial charge in [0.1, 0.15) is 5.60 Å². The molecule has 0 aromatic heterocycles. The van der Waals surface area contributed by atoms with Crippen LogP contribution in [0.1, 0.15) is 34.1 Å². The molecule has 0 aliphatic rings. The molecule has 0 bridgehead atoms. The molecular formula is C11H18O4. The van der Waals surface area contributed by atoms with Crippen molar-refractivity contribution in [3.63, 3.8) is 0 Å². The molecule has 0 spiro atoms. The van der Waals surface area contributed by atoms with Crippen molar-refractivity contribution in [2.45, 2.75) is 39.7 Å². The van der Waals surface area contributed by atoms with E-state index in [1.54, 1.807) is 27.7 Å². The highest BCUT2D eigenvalue weighted by Gasteiger charge is 2.14. The third-order valence-electron chi connectivity index (χ3n) is 1.25. The molecule has 0 amide bonds. The van der Waals surface area contributed by atoms with E-state index in [9.17, 15) is 9.59 Å². The fourth-order valence-corrected chi connectivity index (χ4v) is 0.825. The molecule has 0 aromatic carbocycles. The Morgan fingerprint density at radius 2 is 1.87 bits per heavy atom. The number of esters is 2. The lowest BCUT2D eigenvalue weighted by Gasteiger charge is -2.18. The van der Waals surface area contributed by atoms with E-state index in [0.717, 1.165) is 0 Å². The maximum Gasteiger partial charge on any atom is 0.330 e. The molecular weight excluding hydrogens is 196 g/mol. The third-order valence-corrected chi connectivity index (χ3v) is 1.25. The lowest BCUT2D eigenvalue weighted by atomic mass is 10.2. The van der Waals surface area contributed by atoms with Crippen molar-refractivity contribution in [3.05, 3.63) is 12.2 Å². The molecule has 4 heteroatoms. The molecule has 0 aromatic rings. The monoisotopic (exact) mass is 214 g/mol. The summed E-state index contributed by atoms with van der Waals surface area (Å²) in [6, 6.07) is 0. The zero-order valence-corrected chi connectivity index (χ0v) is 9.70. The second-order valence-electron chi connectivity index (χ2n) is 3.94. The lowest BCUT2D eigenvalue weighted by molar-refractivity contribution is -0.153. The number of ether oxygens (including phenoxy) is 2. The molecule has 0 heterocycles. The zero-order chi connectivity index (χ0) is 11.9. The van der Waals surface area contributed by atoms with E-state index in [1.807, 2.05) is 0 Å². The van der Waals surface area contributed by atoms with Gasteiger partial charge in [-0.3, -0.25) is 4.79 Å². The van der Waals surface area contributed by atoms with Crippen molar-refractivity contribution >= 4 is 11.9 Å². The number of rotatable bonds is 4. The van der Waals surface area contributed by atoms with Crippen LogP contribution in [0.4, 0.5) is 0 Å². The molecule has 15 heavy (non-hydrogen) atoms. The standard InChI is InChI=1S/C11H18O4/c1-5-14-9(12)7-6-8-10(13)15-11(2,3)4/h6-7H,5,8H2,1-4H3. The Morgan fingerprint density at radius 1 is 1.27 bits per heavy atom. The highest BCUT2D eigenvalue weighted by atomic mass is 16.6. The minimum atomic E-state index is -0.491. The smallest absolute Gasteiger partial charge is 0.330 e. The van der Waals surface area contributed by atoms with Gasteiger partial charge in [0.15, 0.2) is 0 Å². The first-order valence-corrected chi connectivity index (χ1v) is 4.90. The summed E-state index contributed by atoms with van der Waals surface area (Å²) in [5.74, 6) is -0.802. The molecule has 0 radical (unpaired) electrons. The van der Waals surface area contributed by atoms with Crippen LogP contribution in [-0.4, -0.2) is 24.1 Å². The van der Waals surface area contributed by atoms with E-state index in [2.05, 4.69) is 4.74 Å². The summed E-state index contributed by atoms with van der Waals surface area (Å²) in [5.41, 5.74) is -0.491. The molecule has 0 saturated carbocycles. The zero-order valence-electron chi connectivity index (χ0n) is 9.70. The van der Waals surface area contributed by atoms with Crippen LogP contribution in [0.5, 0.6) is 0 Å². The van der Waals surface area contributed by atoms with Crippen molar-refractivity contribution in [2.24, 2.45) is 0 Å². The first kappa shape index (κ1) is 13.7. The van der Waals surface area contributed by atoms with E-state index < -0.39 is 11.6 Å². The first-order valence-electron chi connectivity index (χ1n) is 4.90. The van der Waals surface area contributed by atoms with Crippen LogP contribution in [0.2, 0.25) is 0 Å². The van der Waals surface area contributed by atoms with Gasteiger partial charge in [-0.15, -0.1) is 0 Å². The summed E-state index contributed by atoms with van der Waals surface area (Å²) < 4.78 is 9.68. The van der Waals surface area contributed by atoms with E-state index in [0.29, 0.717) is 6.61 Å². The molecule has 4 nitrogen and oxygen atoms in total. The van der Waals surface area contributed by atoms with Crippen LogP contribution in [-0.2, 0) is 19.1 Å². The summed E-state index contributed by atoms with van der Waals surface area (Å²) in [5, 5.41) is 0. The quantitative estimate of drug-likeness (QED) is 0.529. The Balaban J connectivity index is 3.86. The first-order chi connectivity index (χ1) is 6.85. The van der Waals surface area contributed by atoms with Crippen molar-refractivity contribution in [1.29, 1.82) is 0 Å². The van der Waals surface area contributed by atoms with Crippen molar-refractivity contribution in [1.82, 2.24) is 0 Å². The molecule has 0 saturated heterocycles. The molecule has 0 N–H and O–H groups in total. The van der Waals surface area contributed by atoms with E-state index in [-0.39, 0.29) is 12.4 Å². The van der Waals surface area contributed by atoms with Crippen LogP contribution in [0.25, 0.3) is 0 Å². The molecule has 0 aliphatic heterocycles. The number of carbonyl (C=O) groups is 2. The average Bonchev–Trinajstić information content (AvgIpc) is 2.00. The maximum atomic E-state index is 11.2. The van der Waals surface area contributed by atoms with Gasteiger partial charge in [-0.2, -0.15) is 0 Å². The van der Waals surface area contributed by atoms with Gasteiger partial charge in [0.25, 0.3) is 0 Å². The average molecular weight is 214 g/mol. The molecule has 86 valence electrons. The van der Waals surface area contributed by atoms with Crippen LogP contribution >= 0.6 is 0 Å².